The van der Waals surface area contributed by atoms with Crippen molar-refractivity contribution >= 4 is 6.47 Å². The van der Waals surface area contributed by atoms with Gasteiger partial charge in [-0.1, -0.05) is 6.47 Å². The molecule has 0 bridgehead atoms. The molecule has 0 unspecified atom stereocenters. The van der Waals surface area contributed by atoms with E-state index in [9.17, 15) is 4.79 Å². The van der Waals surface area contributed by atoms with Crippen LogP contribution in [0.5, 0.6) is 0 Å². The highest BCUT2D eigenvalue weighted by Gasteiger charge is 1.79. The molecule has 0 fully saturated rings. The number of nitrogens with one attached hydrogen (secondary N) is 1. The third-order valence-electron chi connectivity index (χ3n) is 0.635. The normalized spacial score (nSPS) is 9.00. The van der Waals surface area contributed by atoms with Crippen LogP contribution in [-0.4, -0.2) is 33.5 Å². The standard InChI is InChI=1S/C5H10NO3/c1-6-4-8-2-3-9-5-7/h6H,2-4H2,1H3/q-1. The van der Waals surface area contributed by atoms with E-state index in [1.807, 2.05) is 0 Å². The van der Waals surface area contributed by atoms with Crippen LogP contribution in [0.2, 0.25) is 0 Å². The highest BCUT2D eigenvalue weighted by Crippen LogP contribution is 1.71. The van der Waals surface area contributed by atoms with Crippen molar-refractivity contribution in [3.05, 3.63) is 0 Å². The summed E-state index contributed by atoms with van der Waals surface area (Å²) in [5, 5.41) is 2.77. The molecule has 1 N–H and O–H groups in total. The maximum absolute atomic E-state index is 9.42. The van der Waals surface area contributed by atoms with E-state index < -0.39 is 0 Å². The average Bonchev–Trinajstić information content (AvgIpc) is 1.89. The summed E-state index contributed by atoms with van der Waals surface area (Å²) < 4.78 is 9.09. The van der Waals surface area contributed by atoms with Gasteiger partial charge in [0.05, 0.1) is 19.9 Å². The summed E-state index contributed by atoms with van der Waals surface area (Å²) >= 11 is 0. The van der Waals surface area contributed by atoms with Gasteiger partial charge in [0.1, 0.15) is 0 Å². The molecule has 0 amide bonds. The van der Waals surface area contributed by atoms with Crippen LogP contribution in [-0.2, 0) is 14.3 Å². The first-order valence-electron chi connectivity index (χ1n) is 2.63. The van der Waals surface area contributed by atoms with Gasteiger partial charge in [-0.15, -0.1) is 0 Å². The Hall–Kier alpha value is -0.610. The minimum Gasteiger partial charge on any atom is -0.651 e. The summed E-state index contributed by atoms with van der Waals surface area (Å²) in [6.07, 6.45) is 0. The Balaban J connectivity index is 2.66. The van der Waals surface area contributed by atoms with Gasteiger partial charge in [0.25, 0.3) is 0 Å². The van der Waals surface area contributed by atoms with Crippen LogP contribution in [0, 0.1) is 0 Å². The Morgan fingerprint density at radius 2 is 2.33 bits per heavy atom. The van der Waals surface area contributed by atoms with Crippen LogP contribution in [0.25, 0.3) is 0 Å². The SMILES string of the molecule is CNCOCCO[C-]=O. The maximum atomic E-state index is 9.42. The largest absolute Gasteiger partial charge is 0.651 e. The number of hydrogen-bond acceptors (Lipinski definition) is 4. The van der Waals surface area contributed by atoms with Crippen molar-refractivity contribution in [2.45, 2.75) is 0 Å². The molecule has 0 aromatic rings. The molecule has 9 heavy (non-hydrogen) atoms. The number of ether oxygens (including phenoxy) is 2. The zero-order chi connectivity index (χ0) is 6.95. The Labute approximate surface area is 54.1 Å². The van der Waals surface area contributed by atoms with Crippen molar-refractivity contribution < 1.29 is 14.3 Å². The summed E-state index contributed by atoms with van der Waals surface area (Å²) in [7, 11) is 1.77. The van der Waals surface area contributed by atoms with E-state index >= 15 is 0 Å². The molecule has 54 valence electrons. The molecule has 0 radical (unpaired) electrons. The maximum Gasteiger partial charge on any atom is 0.0964 e. The lowest BCUT2D eigenvalue weighted by atomic mass is 10.8. The molecule has 0 aromatic heterocycles. The highest BCUT2D eigenvalue weighted by molar-refractivity contribution is 5.37. The van der Waals surface area contributed by atoms with Gasteiger partial charge in [-0.3, -0.25) is 5.32 Å². The van der Waals surface area contributed by atoms with Gasteiger partial charge >= 0.3 is 0 Å². The van der Waals surface area contributed by atoms with E-state index in [1.54, 1.807) is 7.05 Å². The minimum absolute atomic E-state index is 0.269. The molecule has 4 heteroatoms. The summed E-state index contributed by atoms with van der Waals surface area (Å²) in [4.78, 5) is 9.42. The van der Waals surface area contributed by atoms with Crippen LogP contribution in [0.1, 0.15) is 0 Å². The monoisotopic (exact) mass is 132 g/mol. The highest BCUT2D eigenvalue weighted by atomic mass is 16.5. The first-order chi connectivity index (χ1) is 4.41. The fourth-order valence-electron chi connectivity index (χ4n) is 0.316. The second-order valence-corrected chi connectivity index (χ2v) is 1.34. The van der Waals surface area contributed by atoms with Gasteiger partial charge < -0.3 is 14.3 Å². The summed E-state index contributed by atoms with van der Waals surface area (Å²) in [5.74, 6) is 0. The molecular formula is C5H10NO3-. The fraction of sp³-hybridized carbons (Fsp3) is 0.800. The molecule has 0 atom stereocenters. The van der Waals surface area contributed by atoms with E-state index in [-0.39, 0.29) is 6.61 Å². The van der Waals surface area contributed by atoms with Gasteiger partial charge in [0.2, 0.25) is 0 Å². The minimum atomic E-state index is 0.269. The number of hydrogen-bond donors (Lipinski definition) is 1. The van der Waals surface area contributed by atoms with E-state index in [0.717, 1.165) is 0 Å². The van der Waals surface area contributed by atoms with Gasteiger partial charge in [-0.25, -0.2) is 0 Å². The summed E-state index contributed by atoms with van der Waals surface area (Å²) in [6, 6.07) is 0. The second kappa shape index (κ2) is 7.39. The first kappa shape index (κ1) is 8.39. The molecule has 0 saturated heterocycles. The molecule has 0 aliphatic heterocycles. The van der Waals surface area contributed by atoms with Crippen LogP contribution in [0.4, 0.5) is 0 Å². The third-order valence-corrected chi connectivity index (χ3v) is 0.635. The van der Waals surface area contributed by atoms with Crippen molar-refractivity contribution in [3.8, 4) is 0 Å². The average molecular weight is 132 g/mol. The summed E-state index contributed by atoms with van der Waals surface area (Å²) in [5.41, 5.74) is 0. The van der Waals surface area contributed by atoms with Crippen LogP contribution < -0.4 is 5.32 Å². The van der Waals surface area contributed by atoms with Gasteiger partial charge in [-0.05, 0) is 7.05 Å². The number of rotatable bonds is 6. The molecule has 4 nitrogen and oxygen atoms in total. The molecule has 0 heterocycles. The fourth-order valence-corrected chi connectivity index (χ4v) is 0.316. The van der Waals surface area contributed by atoms with Crippen molar-refractivity contribution in [2.24, 2.45) is 0 Å². The van der Waals surface area contributed by atoms with E-state index in [1.165, 1.54) is 6.47 Å². The van der Waals surface area contributed by atoms with Crippen molar-refractivity contribution in [2.75, 3.05) is 27.0 Å². The second-order valence-electron chi connectivity index (χ2n) is 1.34. The number of carbonyl (C=O) groups excluding carboxylic acids is 1. The molecule has 0 saturated carbocycles. The van der Waals surface area contributed by atoms with E-state index in [0.29, 0.717) is 13.3 Å². The Morgan fingerprint density at radius 3 is 2.89 bits per heavy atom. The van der Waals surface area contributed by atoms with Crippen molar-refractivity contribution in [1.82, 2.24) is 5.32 Å². The zero-order valence-corrected chi connectivity index (χ0v) is 5.35. The molecular weight excluding hydrogens is 122 g/mol. The lowest BCUT2D eigenvalue weighted by Gasteiger charge is -2.06. The molecule has 0 aromatic carbocycles. The van der Waals surface area contributed by atoms with Gasteiger partial charge in [0.15, 0.2) is 0 Å². The Morgan fingerprint density at radius 1 is 1.56 bits per heavy atom. The van der Waals surface area contributed by atoms with Gasteiger partial charge in [-0.2, -0.15) is 0 Å². The van der Waals surface area contributed by atoms with E-state index in [4.69, 9.17) is 4.74 Å². The molecule has 0 rings (SSSR count). The first-order valence-corrected chi connectivity index (χ1v) is 2.63. The zero-order valence-electron chi connectivity index (χ0n) is 5.35. The molecule has 0 aliphatic carbocycles. The predicted molar refractivity (Wildman–Crippen MR) is 31.5 cm³/mol. The van der Waals surface area contributed by atoms with Crippen molar-refractivity contribution in [3.63, 3.8) is 0 Å². The Bertz CT molecular complexity index is 67.2. The quantitative estimate of drug-likeness (QED) is 0.294. The van der Waals surface area contributed by atoms with Gasteiger partial charge in [0, 0.05) is 0 Å². The molecule has 0 aliphatic rings. The molecule has 0 spiro atoms. The van der Waals surface area contributed by atoms with Crippen molar-refractivity contribution in [1.29, 1.82) is 0 Å². The lowest BCUT2D eigenvalue weighted by molar-refractivity contribution is 0.0859. The van der Waals surface area contributed by atoms with Crippen LogP contribution in [0.3, 0.4) is 0 Å². The predicted octanol–water partition coefficient (Wildman–Crippen LogP) is -0.736. The topological polar surface area (TPSA) is 47.6 Å². The summed E-state index contributed by atoms with van der Waals surface area (Å²) in [6.45, 7) is 2.45. The van der Waals surface area contributed by atoms with E-state index in [2.05, 4.69) is 10.1 Å². The smallest absolute Gasteiger partial charge is 0.0964 e. The van der Waals surface area contributed by atoms with Crippen LogP contribution >= 0.6 is 0 Å². The lowest BCUT2D eigenvalue weighted by Crippen LogP contribution is -2.14. The Kier molecular flexibility index (Phi) is 6.89. The third kappa shape index (κ3) is 7.39. The van der Waals surface area contributed by atoms with Crippen LogP contribution in [0.15, 0.2) is 0 Å².